The molecule has 2 aromatic rings. The number of aromatic carboxylic acids is 2. The average Bonchev–Trinajstić information content (AvgIpc) is 2.82. The Morgan fingerprint density at radius 3 is 2.47 bits per heavy atom. The summed E-state index contributed by atoms with van der Waals surface area (Å²) in [6, 6.07) is 1.81. The van der Waals surface area contributed by atoms with Gasteiger partial charge < -0.3 is 14.6 Å². The first kappa shape index (κ1) is 11.3. The highest BCUT2D eigenvalue weighted by Crippen LogP contribution is 2.29. The lowest BCUT2D eigenvalue weighted by Gasteiger charge is -1.90. The van der Waals surface area contributed by atoms with Crippen molar-refractivity contribution >= 4 is 23.3 Å². The topological polar surface area (TPSA) is 101 Å². The van der Waals surface area contributed by atoms with E-state index in [0.717, 1.165) is 5.56 Å². The number of oxazole rings is 1. The molecule has 0 unspecified atom stereocenters. The molecule has 2 heterocycles. The number of rotatable bonds is 3. The molecule has 2 aromatic heterocycles. The normalized spacial score (nSPS) is 10.4. The van der Waals surface area contributed by atoms with E-state index in [-0.39, 0.29) is 5.89 Å². The van der Waals surface area contributed by atoms with E-state index in [1.54, 1.807) is 12.3 Å². The van der Waals surface area contributed by atoms with E-state index < -0.39 is 23.4 Å². The van der Waals surface area contributed by atoms with Crippen molar-refractivity contribution in [2.24, 2.45) is 0 Å². The van der Waals surface area contributed by atoms with Gasteiger partial charge in [-0.2, -0.15) is 0 Å². The highest BCUT2D eigenvalue weighted by Gasteiger charge is 2.26. The van der Waals surface area contributed by atoms with Crippen LogP contribution in [0.5, 0.6) is 0 Å². The predicted molar refractivity (Wildman–Crippen MR) is 58.5 cm³/mol. The summed E-state index contributed by atoms with van der Waals surface area (Å²) in [5.74, 6) is -3.51. The van der Waals surface area contributed by atoms with Gasteiger partial charge in [0.1, 0.15) is 0 Å². The lowest BCUT2D eigenvalue weighted by atomic mass is 10.3. The molecule has 0 aliphatic carbocycles. The minimum Gasteiger partial charge on any atom is -0.476 e. The monoisotopic (exact) mass is 253 g/mol. The van der Waals surface area contributed by atoms with Gasteiger partial charge in [-0.1, -0.05) is 0 Å². The van der Waals surface area contributed by atoms with Gasteiger partial charge in [0.2, 0.25) is 17.3 Å². The van der Waals surface area contributed by atoms with E-state index in [0.29, 0.717) is 4.88 Å². The molecule has 6 nitrogen and oxygen atoms in total. The molecule has 17 heavy (non-hydrogen) atoms. The van der Waals surface area contributed by atoms with Gasteiger partial charge in [-0.25, -0.2) is 14.6 Å². The molecule has 0 atom stereocenters. The molecule has 0 bridgehead atoms. The maximum absolute atomic E-state index is 10.8. The third-order valence-electron chi connectivity index (χ3n) is 2.08. The Balaban J connectivity index is 2.59. The van der Waals surface area contributed by atoms with E-state index >= 15 is 0 Å². The molecule has 7 heteroatoms. The van der Waals surface area contributed by atoms with Crippen LogP contribution in [0.1, 0.15) is 26.6 Å². The number of carboxylic acid groups (broad SMARTS) is 2. The van der Waals surface area contributed by atoms with Crippen LogP contribution in [0.2, 0.25) is 0 Å². The van der Waals surface area contributed by atoms with Crippen molar-refractivity contribution in [3.8, 4) is 10.8 Å². The summed E-state index contributed by atoms with van der Waals surface area (Å²) < 4.78 is 4.98. The van der Waals surface area contributed by atoms with Gasteiger partial charge in [0.05, 0.1) is 4.88 Å². The van der Waals surface area contributed by atoms with Crippen molar-refractivity contribution in [2.45, 2.75) is 6.92 Å². The number of hydrogen-bond donors (Lipinski definition) is 2. The molecule has 88 valence electrons. The molecule has 0 amide bonds. The third kappa shape index (κ3) is 1.92. The van der Waals surface area contributed by atoms with Crippen LogP contribution in [-0.4, -0.2) is 27.1 Å². The zero-order valence-corrected chi connectivity index (χ0v) is 9.45. The summed E-state index contributed by atoms with van der Waals surface area (Å²) in [5.41, 5.74) is 0.269. The molecule has 0 saturated carbocycles. The lowest BCUT2D eigenvalue weighted by Crippen LogP contribution is -2.05. The number of carbonyl (C=O) groups is 2. The van der Waals surface area contributed by atoms with E-state index in [9.17, 15) is 9.59 Å². The summed E-state index contributed by atoms with van der Waals surface area (Å²) in [4.78, 5) is 25.9. The van der Waals surface area contributed by atoms with Crippen LogP contribution in [0.3, 0.4) is 0 Å². The lowest BCUT2D eigenvalue weighted by molar-refractivity contribution is 0.0624. The van der Waals surface area contributed by atoms with E-state index in [4.69, 9.17) is 14.6 Å². The van der Waals surface area contributed by atoms with Crippen LogP contribution in [-0.2, 0) is 0 Å². The molecule has 0 saturated heterocycles. The smallest absolute Gasteiger partial charge is 0.374 e. The van der Waals surface area contributed by atoms with Gasteiger partial charge in [-0.05, 0) is 23.9 Å². The summed E-state index contributed by atoms with van der Waals surface area (Å²) >= 11 is 1.31. The zero-order valence-electron chi connectivity index (χ0n) is 8.63. The second-order valence-electron chi connectivity index (χ2n) is 3.24. The first-order chi connectivity index (χ1) is 8.00. The SMILES string of the molecule is Cc1ccsc1-c1nc(C(=O)O)c(C(=O)O)o1. The molecule has 0 fully saturated rings. The van der Waals surface area contributed by atoms with Gasteiger partial charge in [0, 0.05) is 0 Å². The van der Waals surface area contributed by atoms with Crippen molar-refractivity contribution in [3.63, 3.8) is 0 Å². The Kier molecular flexibility index (Phi) is 2.68. The van der Waals surface area contributed by atoms with E-state index in [1.807, 2.05) is 6.07 Å². The minimum absolute atomic E-state index is 0.0206. The van der Waals surface area contributed by atoms with Crippen LogP contribution in [0, 0.1) is 6.92 Å². The number of hydrogen-bond acceptors (Lipinski definition) is 5. The molecule has 2 N–H and O–H groups in total. The first-order valence-corrected chi connectivity index (χ1v) is 5.40. The fourth-order valence-electron chi connectivity index (χ4n) is 1.30. The summed E-state index contributed by atoms with van der Waals surface area (Å²) in [6.07, 6.45) is 0. The maximum atomic E-state index is 10.8. The number of aromatic nitrogens is 1. The Morgan fingerprint density at radius 1 is 1.35 bits per heavy atom. The van der Waals surface area contributed by atoms with Crippen molar-refractivity contribution in [1.29, 1.82) is 0 Å². The van der Waals surface area contributed by atoms with E-state index in [2.05, 4.69) is 4.98 Å². The summed E-state index contributed by atoms with van der Waals surface area (Å²) in [5, 5.41) is 19.4. The molecule has 0 radical (unpaired) electrons. The third-order valence-corrected chi connectivity index (χ3v) is 3.08. The zero-order chi connectivity index (χ0) is 12.6. The quantitative estimate of drug-likeness (QED) is 0.868. The van der Waals surface area contributed by atoms with Crippen molar-refractivity contribution in [3.05, 3.63) is 28.5 Å². The number of aryl methyl sites for hydroxylation is 1. The standard InChI is InChI=1S/C10H7NO5S/c1-4-2-3-17-7(4)8-11-5(9(12)13)6(16-8)10(14)15/h2-3H,1H3,(H,12,13)(H,14,15). The molecule has 0 aliphatic heterocycles. The van der Waals surface area contributed by atoms with Gasteiger partial charge >= 0.3 is 11.9 Å². The number of thiophene rings is 1. The largest absolute Gasteiger partial charge is 0.476 e. The Labute approximate surface area is 99.1 Å². The maximum Gasteiger partial charge on any atom is 0.374 e. The summed E-state index contributed by atoms with van der Waals surface area (Å²) in [7, 11) is 0. The van der Waals surface area contributed by atoms with Crippen molar-refractivity contribution < 1.29 is 24.2 Å². The Bertz CT molecular complexity index is 566. The summed E-state index contributed by atoms with van der Waals surface area (Å²) in [6.45, 7) is 1.80. The molecule has 0 aliphatic rings. The average molecular weight is 253 g/mol. The second-order valence-corrected chi connectivity index (χ2v) is 4.16. The van der Waals surface area contributed by atoms with Crippen LogP contribution in [0.25, 0.3) is 10.8 Å². The highest BCUT2D eigenvalue weighted by molar-refractivity contribution is 7.13. The predicted octanol–water partition coefficient (Wildman–Crippen LogP) is 2.11. The second kappa shape index (κ2) is 4.02. The molecular formula is C10H7NO5S. The Hall–Kier alpha value is -2.15. The highest BCUT2D eigenvalue weighted by atomic mass is 32.1. The fraction of sp³-hybridized carbons (Fsp3) is 0.100. The van der Waals surface area contributed by atoms with Crippen LogP contribution in [0.15, 0.2) is 15.9 Å². The number of carboxylic acids is 2. The van der Waals surface area contributed by atoms with Crippen molar-refractivity contribution in [2.75, 3.05) is 0 Å². The van der Waals surface area contributed by atoms with Crippen molar-refractivity contribution in [1.82, 2.24) is 4.98 Å². The van der Waals surface area contributed by atoms with Gasteiger partial charge in [-0.15, -0.1) is 11.3 Å². The molecular weight excluding hydrogens is 246 g/mol. The van der Waals surface area contributed by atoms with Gasteiger partial charge in [-0.3, -0.25) is 0 Å². The molecule has 0 spiro atoms. The molecule has 0 aromatic carbocycles. The van der Waals surface area contributed by atoms with Crippen LogP contribution >= 0.6 is 11.3 Å². The first-order valence-electron chi connectivity index (χ1n) is 4.52. The van der Waals surface area contributed by atoms with Crippen LogP contribution < -0.4 is 0 Å². The van der Waals surface area contributed by atoms with Crippen LogP contribution in [0.4, 0.5) is 0 Å². The molecule has 2 rings (SSSR count). The number of nitrogens with zero attached hydrogens (tertiary/aromatic N) is 1. The fourth-order valence-corrected chi connectivity index (χ4v) is 2.15. The minimum atomic E-state index is -1.45. The van der Waals surface area contributed by atoms with Gasteiger partial charge in [0.25, 0.3) is 0 Å². The van der Waals surface area contributed by atoms with E-state index in [1.165, 1.54) is 11.3 Å². The van der Waals surface area contributed by atoms with Gasteiger partial charge in [0.15, 0.2) is 0 Å². The Morgan fingerprint density at radius 2 is 2.06 bits per heavy atom.